The number of nitrogens with zero attached hydrogens (tertiary/aromatic N) is 4. The van der Waals surface area contributed by atoms with Gasteiger partial charge in [0, 0.05) is 105 Å². The summed E-state index contributed by atoms with van der Waals surface area (Å²) in [6.45, 7) is 18.5. The van der Waals surface area contributed by atoms with E-state index in [4.69, 9.17) is 23.9 Å². The minimum absolute atomic E-state index is 0.0117. The first kappa shape index (κ1) is 54.8. The maximum atomic E-state index is 15.0. The Morgan fingerprint density at radius 2 is 1.63 bits per heavy atom. The van der Waals surface area contributed by atoms with Crippen LogP contribution in [0.3, 0.4) is 0 Å². The molecule has 6 aliphatic heterocycles. The molecule has 0 saturated carbocycles. The highest BCUT2D eigenvalue weighted by Gasteiger charge is 2.51. The first-order valence-electron chi connectivity index (χ1n) is 25.9. The van der Waals surface area contributed by atoms with Crippen molar-refractivity contribution in [3.8, 4) is 17.2 Å². The molecular weight excluding hydrogens is 968 g/mol. The smallest absolute Gasteiger partial charge is 0.315 e. The van der Waals surface area contributed by atoms with Gasteiger partial charge in [0.2, 0.25) is 5.91 Å². The SMILES string of the molecule is CO[C@@H]1/C=C/O[C@@]2(C)Oc3c(C)c(O)c4c(O)c(c5c(c4c3C2=O)NC2(CCN(CC(C)C)CC2)N=5)=NC(=O)/C(C)=C\C=C\[C@H](C)[C@H](O)[C@@H](C)[C@@H](O)[C@@H](C)[C@H](OC(=O)CC(=O)N2CC(Nc3ccc(F)cc3)C2)[C@@H]1C. The van der Waals surface area contributed by atoms with E-state index < -0.39 is 101 Å². The minimum Gasteiger partial charge on any atom is -0.507 e. The number of nitrogens with one attached hydrogen (secondary N) is 2. The summed E-state index contributed by atoms with van der Waals surface area (Å²) in [7, 11) is 1.42. The molecule has 19 heteroatoms. The van der Waals surface area contributed by atoms with Crippen LogP contribution >= 0.6 is 0 Å². The van der Waals surface area contributed by atoms with Crippen LogP contribution in [0.2, 0.25) is 0 Å². The molecule has 0 radical (unpaired) electrons. The van der Waals surface area contributed by atoms with Gasteiger partial charge < -0.3 is 59.8 Å². The molecule has 6 N–H and O–H groups in total. The number of ether oxygens (including phenoxy) is 4. The molecule has 3 aromatic rings. The maximum Gasteiger partial charge on any atom is 0.315 e. The van der Waals surface area contributed by atoms with Crippen molar-refractivity contribution in [3.63, 3.8) is 0 Å². The number of likely N-dealkylation sites (tertiary alicyclic amines) is 2. The molecular formula is C56H71FN6O12. The Balaban J connectivity index is 1.14. The number of ketones is 1. The summed E-state index contributed by atoms with van der Waals surface area (Å²) in [5, 5.41) is 54.5. The number of aliphatic hydroxyl groups excluding tert-OH is 2. The normalized spacial score (nSPS) is 29.8. The van der Waals surface area contributed by atoms with Crippen LogP contribution in [0, 0.1) is 42.3 Å². The van der Waals surface area contributed by atoms with E-state index in [0.29, 0.717) is 56.3 Å². The molecule has 3 aromatic carbocycles. The van der Waals surface area contributed by atoms with Crippen molar-refractivity contribution in [2.75, 3.05) is 50.5 Å². The van der Waals surface area contributed by atoms with Crippen molar-refractivity contribution < 1.29 is 62.9 Å². The first-order valence-corrected chi connectivity index (χ1v) is 25.9. The number of piperidine rings is 1. The third-order valence-corrected chi connectivity index (χ3v) is 15.6. The van der Waals surface area contributed by atoms with Gasteiger partial charge in [-0.2, -0.15) is 0 Å². The summed E-state index contributed by atoms with van der Waals surface area (Å²) in [4.78, 5) is 69.5. The Morgan fingerprint density at radius 3 is 2.28 bits per heavy atom. The summed E-state index contributed by atoms with van der Waals surface area (Å²) in [5.41, 5.74) is 0.389. The van der Waals surface area contributed by atoms with Gasteiger partial charge >= 0.3 is 11.8 Å². The standard InChI is InChI=1S/C56H71FN6O12/c1-28(2)25-62-21-19-56(20-22-62)60-44-41-42-49(68)34(8)52-43(41)53(70)55(9,75-52)73-23-18-38(72-10)31(5)51(74-40(65)24-39(64)63-26-37(27-63)58-36-16-14-35(57)15-17-36)33(7)48(67)32(6)47(66)29(3)12-11-13-30(4)54(71)59-46(50(42)69)45(44)61-56/h11-18,23,28-29,31-33,37-38,47-48,51,58,60,66-69H,19-22,24-27H2,1-10H3/b12-11+,23-18+,30-13-,59-46?/t29-,31+,32+,33+,38+,47-,48+,51+,55-/m0/s1. The van der Waals surface area contributed by atoms with Gasteiger partial charge in [0.1, 0.15) is 46.2 Å². The number of Topliss-reactive ketones (excluding diaryl/α,β-unsaturated/α-hetero) is 1. The Bertz CT molecular complexity index is 2950. The predicted octanol–water partition coefficient (Wildman–Crippen LogP) is 5.58. The van der Waals surface area contributed by atoms with Gasteiger partial charge in [-0.3, -0.25) is 24.2 Å². The lowest BCUT2D eigenvalue weighted by Crippen LogP contribution is -2.57. The number of halogens is 1. The highest BCUT2D eigenvalue weighted by molar-refractivity contribution is 6.21. The number of fused-ring (bicyclic) bond motifs is 13. The number of phenols is 2. The quantitative estimate of drug-likeness (QED) is 0.0917. The van der Waals surface area contributed by atoms with Crippen LogP contribution < -0.4 is 26.1 Å². The lowest BCUT2D eigenvalue weighted by molar-refractivity contribution is -0.166. The van der Waals surface area contributed by atoms with Crippen molar-refractivity contribution in [2.45, 2.75) is 123 Å². The van der Waals surface area contributed by atoms with Crippen molar-refractivity contribution >= 4 is 45.7 Å². The van der Waals surface area contributed by atoms with Crippen molar-refractivity contribution in [1.82, 2.24) is 9.80 Å². The molecule has 0 aliphatic carbocycles. The molecule has 18 nitrogen and oxygen atoms in total. The second-order valence-electron chi connectivity index (χ2n) is 21.7. The molecule has 0 unspecified atom stereocenters. The molecule has 404 valence electrons. The number of anilines is 2. The van der Waals surface area contributed by atoms with Crippen LogP contribution in [0.4, 0.5) is 15.8 Å². The van der Waals surface area contributed by atoms with E-state index in [2.05, 4.69) is 34.4 Å². The fraction of sp³-hybridized carbons (Fsp3) is 0.536. The van der Waals surface area contributed by atoms with E-state index in [-0.39, 0.29) is 55.8 Å². The topological polar surface area (TPSA) is 241 Å². The summed E-state index contributed by atoms with van der Waals surface area (Å²) < 4.78 is 38.0. The number of amides is 2. The third-order valence-electron chi connectivity index (χ3n) is 15.6. The molecule has 9 rings (SSSR count). The number of hydrogen-bond donors (Lipinski definition) is 6. The number of benzene rings is 3. The Morgan fingerprint density at radius 1 is 0.947 bits per heavy atom. The highest BCUT2D eigenvalue weighted by atomic mass is 19.1. The molecule has 6 aliphatic rings. The van der Waals surface area contributed by atoms with Gasteiger partial charge in [-0.25, -0.2) is 9.38 Å². The second kappa shape index (κ2) is 21.7. The van der Waals surface area contributed by atoms with Crippen molar-refractivity contribution in [3.05, 3.63) is 88.1 Å². The number of hydrogen-bond acceptors (Lipinski definition) is 16. The number of carbonyl (C=O) groups excluding carboxylic acids is 4. The molecule has 0 aromatic heterocycles. The van der Waals surface area contributed by atoms with E-state index in [1.165, 1.54) is 56.4 Å². The largest absolute Gasteiger partial charge is 0.507 e. The van der Waals surface area contributed by atoms with E-state index in [9.17, 15) is 44.0 Å². The zero-order valence-corrected chi connectivity index (χ0v) is 44.3. The van der Waals surface area contributed by atoms with Gasteiger partial charge in [-0.05, 0) is 50.1 Å². The zero-order valence-electron chi connectivity index (χ0n) is 44.3. The Hall–Kier alpha value is -6.41. The molecule has 2 amide bonds. The van der Waals surface area contributed by atoms with Gasteiger partial charge in [-0.1, -0.05) is 59.8 Å². The molecule has 9 atom stereocenters. The third kappa shape index (κ3) is 10.9. The summed E-state index contributed by atoms with van der Waals surface area (Å²) in [5.74, 6) is -8.57. The molecule has 2 saturated heterocycles. The number of methoxy groups -OCH3 is 1. The number of phenolic OH excluding ortho intramolecular Hbond substituents is 2. The molecule has 1 spiro atoms. The Labute approximate surface area is 436 Å². The fourth-order valence-corrected chi connectivity index (χ4v) is 11.0. The summed E-state index contributed by atoms with van der Waals surface area (Å²) in [6.07, 6.45) is 3.59. The molecule has 2 fully saturated rings. The number of aromatic hydroxyl groups is 2. The summed E-state index contributed by atoms with van der Waals surface area (Å²) >= 11 is 0. The molecule has 75 heavy (non-hydrogen) atoms. The average Bonchev–Trinajstić information content (AvgIpc) is 3.86. The van der Waals surface area contributed by atoms with Crippen molar-refractivity contribution in [1.29, 1.82) is 0 Å². The van der Waals surface area contributed by atoms with Crippen molar-refractivity contribution in [2.24, 2.45) is 39.6 Å². The fourth-order valence-electron chi connectivity index (χ4n) is 11.0. The van der Waals surface area contributed by atoms with E-state index in [1.54, 1.807) is 58.9 Å². The maximum absolute atomic E-state index is 15.0. The van der Waals surface area contributed by atoms with Gasteiger partial charge in [0.15, 0.2) is 5.75 Å². The van der Waals surface area contributed by atoms with Gasteiger partial charge in [-0.15, -0.1) is 0 Å². The average molecular weight is 1040 g/mol. The summed E-state index contributed by atoms with van der Waals surface area (Å²) in [6, 6.07) is 5.75. The number of aliphatic hydroxyl groups is 2. The molecule has 5 bridgehead atoms. The van der Waals surface area contributed by atoms with E-state index >= 15 is 0 Å². The van der Waals surface area contributed by atoms with Crippen LogP contribution in [-0.4, -0.2) is 136 Å². The van der Waals surface area contributed by atoms with Gasteiger partial charge in [0.25, 0.3) is 11.7 Å². The Kier molecular flexibility index (Phi) is 15.8. The number of allylic oxidation sites excluding steroid dienone is 2. The molecule has 6 heterocycles. The minimum atomic E-state index is -2.03. The predicted molar refractivity (Wildman–Crippen MR) is 277 cm³/mol. The lowest BCUT2D eigenvalue weighted by atomic mass is 9.78. The van der Waals surface area contributed by atoms with Crippen LogP contribution in [-0.2, 0) is 28.6 Å². The van der Waals surface area contributed by atoms with Crippen LogP contribution in [0.5, 0.6) is 17.2 Å². The lowest BCUT2D eigenvalue weighted by Gasteiger charge is -2.40. The van der Waals surface area contributed by atoms with Crippen LogP contribution in [0.1, 0.15) is 90.6 Å². The van der Waals surface area contributed by atoms with E-state index in [1.807, 2.05) is 0 Å². The highest BCUT2D eigenvalue weighted by Crippen LogP contribution is 2.51. The second-order valence-corrected chi connectivity index (χ2v) is 21.7. The zero-order chi connectivity index (χ0) is 54.4. The number of carbonyl (C=O) groups is 4. The van der Waals surface area contributed by atoms with Gasteiger partial charge in [0.05, 0.1) is 47.3 Å². The number of esters is 1. The van der Waals surface area contributed by atoms with E-state index in [0.717, 1.165) is 6.54 Å². The van der Waals surface area contributed by atoms with Crippen LogP contribution in [0.25, 0.3) is 10.8 Å². The van der Waals surface area contributed by atoms with Crippen LogP contribution in [0.15, 0.2) is 70.4 Å². The number of rotatable bonds is 8. The first-order chi connectivity index (χ1) is 35.5. The monoisotopic (exact) mass is 1040 g/mol.